The Bertz CT molecular complexity index is 2130. The lowest BCUT2D eigenvalue weighted by molar-refractivity contribution is -0.133. The Morgan fingerprint density at radius 2 is 1.64 bits per heavy atom. The molecule has 11 nitrogen and oxygen atoms in total. The molecule has 274 valence electrons. The second-order valence-corrected chi connectivity index (χ2v) is 14.6. The van der Waals surface area contributed by atoms with Gasteiger partial charge in [0, 0.05) is 86.7 Å². The number of imide groups is 1. The summed E-state index contributed by atoms with van der Waals surface area (Å²) in [4.78, 5) is 45.6. The van der Waals surface area contributed by atoms with Crippen molar-refractivity contribution >= 4 is 29.4 Å². The van der Waals surface area contributed by atoms with E-state index in [1.807, 2.05) is 18.3 Å². The first kappa shape index (κ1) is 34.7. The summed E-state index contributed by atoms with van der Waals surface area (Å²) in [5, 5.41) is 5.69. The molecule has 11 heteroatoms. The maximum absolute atomic E-state index is 12.7. The Labute approximate surface area is 309 Å². The van der Waals surface area contributed by atoms with Crippen LogP contribution in [0.3, 0.4) is 0 Å². The van der Waals surface area contributed by atoms with Crippen LogP contribution in [0.15, 0.2) is 70.6 Å². The molecule has 2 saturated heterocycles. The third kappa shape index (κ3) is 6.93. The number of benzene rings is 3. The number of ether oxygens (including phenoxy) is 2. The first-order chi connectivity index (χ1) is 25.8. The topological polar surface area (TPSA) is 118 Å². The number of anilines is 2. The van der Waals surface area contributed by atoms with Crippen molar-refractivity contribution in [1.82, 2.24) is 14.8 Å². The van der Waals surface area contributed by atoms with Gasteiger partial charge in [-0.15, -0.1) is 0 Å². The Morgan fingerprint density at radius 3 is 2.36 bits per heavy atom. The van der Waals surface area contributed by atoms with E-state index in [2.05, 4.69) is 67.9 Å². The number of aliphatic imine (C=N–C) groups is 1. The molecule has 4 aliphatic rings. The summed E-state index contributed by atoms with van der Waals surface area (Å²) in [5.74, 6) is 1.58. The van der Waals surface area contributed by atoms with Gasteiger partial charge in [-0.05, 0) is 90.3 Å². The molecule has 0 saturated carbocycles. The van der Waals surface area contributed by atoms with E-state index in [9.17, 15) is 14.4 Å². The number of nitrogens with zero attached hydrogens (tertiary/aromatic N) is 4. The number of carbonyl (C=O) groups excluding carboxylic acids is 2. The van der Waals surface area contributed by atoms with Crippen LogP contribution >= 0.6 is 0 Å². The van der Waals surface area contributed by atoms with Gasteiger partial charge >= 0.3 is 0 Å². The number of aryl methyl sites for hydroxylation is 1. The smallest absolute Gasteiger partial charge is 0.256 e. The molecule has 0 aliphatic carbocycles. The highest BCUT2D eigenvalue weighted by Gasteiger charge is 2.28. The second kappa shape index (κ2) is 14.5. The highest BCUT2D eigenvalue weighted by atomic mass is 16.5. The average Bonchev–Trinajstić information content (AvgIpc) is 3.68. The van der Waals surface area contributed by atoms with Gasteiger partial charge in [-0.2, -0.15) is 0 Å². The highest BCUT2D eigenvalue weighted by Crippen LogP contribution is 2.39. The SMILES string of the molecule is COc1cc(-c2cn(C)c(=O)c3c2C=NC3)cc(OC)c1CN1CCc2cc(N3CCC(c4ccc(NC5CCC(=O)NC5=O)cc4)CC3)ccc2C1. The largest absolute Gasteiger partial charge is 0.496 e. The summed E-state index contributed by atoms with van der Waals surface area (Å²) in [6.45, 7) is 4.91. The van der Waals surface area contributed by atoms with Crippen molar-refractivity contribution in [2.75, 3.05) is 44.1 Å². The molecule has 5 heterocycles. The number of fused-ring (bicyclic) bond motifs is 2. The summed E-state index contributed by atoms with van der Waals surface area (Å²) >= 11 is 0. The van der Waals surface area contributed by atoms with E-state index in [0.717, 1.165) is 90.4 Å². The molecular weight excluding hydrogens is 668 g/mol. The maximum Gasteiger partial charge on any atom is 0.256 e. The van der Waals surface area contributed by atoms with Gasteiger partial charge in [0.05, 0.1) is 26.3 Å². The zero-order valence-corrected chi connectivity index (χ0v) is 30.6. The molecule has 3 aromatic carbocycles. The molecule has 1 aromatic heterocycles. The lowest BCUT2D eigenvalue weighted by atomic mass is 9.89. The predicted octanol–water partition coefficient (Wildman–Crippen LogP) is 5.16. The molecule has 2 amide bonds. The molecule has 4 aromatic rings. The van der Waals surface area contributed by atoms with Crippen LogP contribution in [0.5, 0.6) is 11.5 Å². The zero-order chi connectivity index (χ0) is 36.6. The minimum Gasteiger partial charge on any atom is -0.496 e. The van der Waals surface area contributed by atoms with Crippen LogP contribution in [0.25, 0.3) is 11.1 Å². The number of pyridine rings is 1. The minimum atomic E-state index is -0.372. The van der Waals surface area contributed by atoms with Crippen molar-refractivity contribution in [2.24, 2.45) is 12.0 Å². The molecule has 0 spiro atoms. The summed E-state index contributed by atoms with van der Waals surface area (Å²) in [6.07, 6.45) is 7.71. The minimum absolute atomic E-state index is 0.0128. The number of piperidine rings is 2. The van der Waals surface area contributed by atoms with Gasteiger partial charge in [-0.25, -0.2) is 0 Å². The van der Waals surface area contributed by atoms with E-state index >= 15 is 0 Å². The van der Waals surface area contributed by atoms with Gasteiger partial charge < -0.3 is 24.3 Å². The average molecular weight is 715 g/mol. The number of hydrogen-bond donors (Lipinski definition) is 2. The number of nitrogens with one attached hydrogen (secondary N) is 2. The van der Waals surface area contributed by atoms with Gasteiger partial charge in [-0.1, -0.05) is 18.2 Å². The van der Waals surface area contributed by atoms with Crippen LogP contribution in [0.1, 0.15) is 65.0 Å². The lowest BCUT2D eigenvalue weighted by Crippen LogP contribution is -2.47. The Morgan fingerprint density at radius 1 is 0.887 bits per heavy atom. The molecule has 0 bridgehead atoms. The van der Waals surface area contributed by atoms with Crippen LogP contribution in [0.4, 0.5) is 11.4 Å². The van der Waals surface area contributed by atoms with Gasteiger partial charge in [0.1, 0.15) is 17.5 Å². The highest BCUT2D eigenvalue weighted by molar-refractivity contribution is 6.01. The van der Waals surface area contributed by atoms with Gasteiger partial charge in [-0.3, -0.25) is 29.6 Å². The van der Waals surface area contributed by atoms with Crippen LogP contribution in [-0.2, 0) is 42.7 Å². The van der Waals surface area contributed by atoms with Gasteiger partial charge in [0.25, 0.3) is 5.56 Å². The fourth-order valence-electron chi connectivity index (χ4n) is 8.37. The van der Waals surface area contributed by atoms with Crippen LogP contribution in [0, 0.1) is 0 Å². The lowest BCUT2D eigenvalue weighted by Gasteiger charge is -2.35. The van der Waals surface area contributed by atoms with Crippen LogP contribution in [-0.4, -0.2) is 67.4 Å². The molecule has 0 radical (unpaired) electrons. The van der Waals surface area contributed by atoms with E-state index in [1.165, 1.54) is 22.4 Å². The predicted molar refractivity (Wildman–Crippen MR) is 206 cm³/mol. The van der Waals surface area contributed by atoms with Crippen molar-refractivity contribution in [3.8, 4) is 22.6 Å². The molecule has 1 unspecified atom stereocenters. The van der Waals surface area contributed by atoms with E-state index in [-0.39, 0.29) is 23.4 Å². The molecule has 53 heavy (non-hydrogen) atoms. The number of methoxy groups -OCH3 is 2. The summed E-state index contributed by atoms with van der Waals surface area (Å²) in [5.41, 5.74) is 10.8. The molecule has 2 N–H and O–H groups in total. The summed E-state index contributed by atoms with van der Waals surface area (Å²) in [7, 11) is 5.18. The standard InChI is InChI=1S/C42H46N6O5/c1-46-24-35(33-21-43-22-34(33)42(46)51)30-19-38(52-2)36(39(20-30)53-3)25-47-15-12-28-18-32(9-6-29(28)23-47)48-16-13-27(14-17-48)26-4-7-31(8-5-26)44-37-10-11-40(49)45-41(37)50/h4-9,18-21,24,27,37,44H,10-17,22-23,25H2,1-3H3,(H,45,49,50). The van der Waals surface area contributed by atoms with Crippen molar-refractivity contribution in [3.05, 3.63) is 105 Å². The van der Waals surface area contributed by atoms with Gasteiger partial charge in [0.15, 0.2) is 0 Å². The third-order valence-corrected chi connectivity index (χ3v) is 11.4. The summed E-state index contributed by atoms with van der Waals surface area (Å²) in [6, 6.07) is 19.2. The molecule has 8 rings (SSSR count). The number of carbonyl (C=O) groups is 2. The number of aromatic nitrogens is 1. The Hall–Kier alpha value is -5.42. The van der Waals surface area contributed by atoms with Crippen molar-refractivity contribution in [2.45, 2.75) is 63.7 Å². The van der Waals surface area contributed by atoms with Crippen molar-refractivity contribution < 1.29 is 19.1 Å². The van der Waals surface area contributed by atoms with Gasteiger partial charge in [0.2, 0.25) is 11.8 Å². The van der Waals surface area contributed by atoms with Crippen LogP contribution in [0.2, 0.25) is 0 Å². The van der Waals surface area contributed by atoms with E-state index in [0.29, 0.717) is 31.8 Å². The monoisotopic (exact) mass is 714 g/mol. The van der Waals surface area contributed by atoms with Crippen molar-refractivity contribution in [1.29, 1.82) is 0 Å². The third-order valence-electron chi connectivity index (χ3n) is 11.4. The van der Waals surface area contributed by atoms with Crippen molar-refractivity contribution in [3.63, 3.8) is 0 Å². The van der Waals surface area contributed by atoms with E-state index < -0.39 is 0 Å². The maximum atomic E-state index is 12.7. The first-order valence-corrected chi connectivity index (χ1v) is 18.5. The van der Waals surface area contributed by atoms with Crippen LogP contribution < -0.4 is 30.6 Å². The summed E-state index contributed by atoms with van der Waals surface area (Å²) < 4.78 is 13.5. The first-order valence-electron chi connectivity index (χ1n) is 18.5. The normalized spacial score (nSPS) is 18.8. The molecule has 1 atom stereocenters. The fourth-order valence-corrected chi connectivity index (χ4v) is 8.37. The Kier molecular flexibility index (Phi) is 9.51. The second-order valence-electron chi connectivity index (χ2n) is 14.6. The van der Waals surface area contributed by atoms with E-state index in [4.69, 9.17) is 9.47 Å². The Balaban J connectivity index is 0.900. The molecule has 4 aliphatic heterocycles. The molecular formula is C42H46N6O5. The number of hydrogen-bond acceptors (Lipinski definition) is 9. The van der Waals surface area contributed by atoms with E-state index in [1.54, 1.807) is 32.0 Å². The fraction of sp³-hybridized carbons (Fsp3) is 0.381. The zero-order valence-electron chi connectivity index (χ0n) is 30.6. The molecule has 2 fully saturated rings. The number of amides is 2. The quantitative estimate of drug-likeness (QED) is 0.229. The number of rotatable bonds is 9.